The molecule has 1 aliphatic carbocycles. The first-order valence-electron chi connectivity index (χ1n) is 11.5. The van der Waals surface area contributed by atoms with Crippen LogP contribution in [0.3, 0.4) is 0 Å². The Labute approximate surface area is 201 Å². The Morgan fingerprint density at radius 3 is 2.65 bits per heavy atom. The van der Waals surface area contributed by atoms with Crippen molar-refractivity contribution in [2.24, 2.45) is 5.73 Å². The van der Waals surface area contributed by atoms with Crippen molar-refractivity contribution in [3.8, 4) is 22.5 Å². The average molecular weight is 480 g/mol. The molecule has 4 aromatic rings. The number of anilines is 1. The van der Waals surface area contributed by atoms with E-state index in [0.29, 0.717) is 57.6 Å². The smallest absolute Gasteiger partial charge is 0.260 e. The van der Waals surface area contributed by atoms with Crippen molar-refractivity contribution < 1.29 is 4.52 Å². The molecular formula is C24H26ClN7O2. The van der Waals surface area contributed by atoms with Crippen molar-refractivity contribution in [3.05, 3.63) is 51.7 Å². The molecule has 1 aliphatic rings. The lowest BCUT2D eigenvalue weighted by Gasteiger charge is -2.26. The molecule has 9 nitrogen and oxygen atoms in total. The van der Waals surface area contributed by atoms with E-state index in [0.717, 1.165) is 31.1 Å². The van der Waals surface area contributed by atoms with Gasteiger partial charge in [0.25, 0.3) is 5.56 Å². The summed E-state index contributed by atoms with van der Waals surface area (Å²) in [5.74, 6) is 1.44. The highest BCUT2D eigenvalue weighted by atomic mass is 35.5. The van der Waals surface area contributed by atoms with Gasteiger partial charge >= 0.3 is 0 Å². The molecule has 0 spiro atoms. The monoisotopic (exact) mass is 479 g/mol. The molecule has 0 aliphatic heterocycles. The first kappa shape index (κ1) is 22.5. The van der Waals surface area contributed by atoms with Gasteiger partial charge in [-0.25, -0.2) is 4.98 Å². The van der Waals surface area contributed by atoms with E-state index in [1.807, 2.05) is 13.0 Å². The van der Waals surface area contributed by atoms with E-state index in [-0.39, 0.29) is 11.6 Å². The Hall–Kier alpha value is -3.30. The van der Waals surface area contributed by atoms with Crippen LogP contribution < -0.4 is 16.6 Å². The quantitative estimate of drug-likeness (QED) is 0.437. The van der Waals surface area contributed by atoms with Crippen molar-refractivity contribution in [3.63, 3.8) is 0 Å². The fraction of sp³-hybridized carbons (Fsp3) is 0.375. The normalized spacial score (nSPS) is 18.4. The van der Waals surface area contributed by atoms with Crippen molar-refractivity contribution in [2.75, 3.05) is 5.32 Å². The van der Waals surface area contributed by atoms with Crippen LogP contribution in [-0.4, -0.2) is 36.8 Å². The number of hydrogen-bond acceptors (Lipinski definition) is 8. The van der Waals surface area contributed by atoms with E-state index < -0.39 is 0 Å². The fourth-order valence-corrected chi connectivity index (χ4v) is 4.73. The lowest BCUT2D eigenvalue weighted by Crippen LogP contribution is -2.33. The van der Waals surface area contributed by atoms with E-state index >= 15 is 0 Å². The molecule has 1 fully saturated rings. The Morgan fingerprint density at radius 1 is 1.18 bits per heavy atom. The molecule has 34 heavy (non-hydrogen) atoms. The second kappa shape index (κ2) is 9.15. The van der Waals surface area contributed by atoms with E-state index in [2.05, 4.69) is 25.4 Å². The third-order valence-electron chi connectivity index (χ3n) is 6.29. The summed E-state index contributed by atoms with van der Waals surface area (Å²) in [4.78, 5) is 26.9. The van der Waals surface area contributed by atoms with Crippen LogP contribution in [0.1, 0.15) is 38.5 Å². The first-order chi connectivity index (χ1) is 16.4. The van der Waals surface area contributed by atoms with Gasteiger partial charge in [0, 0.05) is 58.8 Å². The molecule has 10 heteroatoms. The number of nitrogens with two attached hydrogens (primary N) is 1. The van der Waals surface area contributed by atoms with Gasteiger partial charge in [0.1, 0.15) is 5.65 Å². The van der Waals surface area contributed by atoms with Gasteiger partial charge in [-0.15, -0.1) is 0 Å². The van der Waals surface area contributed by atoms with Gasteiger partial charge in [-0.2, -0.15) is 9.97 Å². The van der Waals surface area contributed by atoms with Gasteiger partial charge in [-0.3, -0.25) is 9.36 Å². The number of fused-ring (bicyclic) bond motifs is 1. The molecule has 1 aromatic carbocycles. The molecule has 3 aromatic heterocycles. The molecule has 0 bridgehead atoms. The molecule has 3 N–H and O–H groups in total. The maximum atomic E-state index is 13.4. The standard InChI is InChI=1S/C24H26ClN7O2/c1-3-32-22-15(12-27-24(30-22)29-17-7-5-16(26)6-8-17)10-19(23(32)33)18-9-4-14(11-20(18)25)21-28-13(2)34-31-21/h4,9-12,16-17H,3,5-8,26H2,1-2H3,(H,27,29,30)/t16-,17-. The number of rotatable bonds is 5. The van der Waals surface area contributed by atoms with Crippen LogP contribution in [0.25, 0.3) is 33.5 Å². The summed E-state index contributed by atoms with van der Waals surface area (Å²) in [6.45, 7) is 4.11. The Kier molecular flexibility index (Phi) is 6.05. The number of hydrogen-bond donors (Lipinski definition) is 2. The molecule has 0 amide bonds. The summed E-state index contributed by atoms with van der Waals surface area (Å²) in [5.41, 5.74) is 8.27. The van der Waals surface area contributed by atoms with Gasteiger partial charge < -0.3 is 15.6 Å². The highest BCUT2D eigenvalue weighted by molar-refractivity contribution is 6.33. The third-order valence-corrected chi connectivity index (χ3v) is 6.61. The third kappa shape index (κ3) is 4.28. The van der Waals surface area contributed by atoms with Crippen LogP contribution in [0.5, 0.6) is 0 Å². The zero-order valence-electron chi connectivity index (χ0n) is 19.1. The molecule has 0 radical (unpaired) electrons. The minimum absolute atomic E-state index is 0.159. The fourth-order valence-electron chi connectivity index (χ4n) is 4.45. The van der Waals surface area contributed by atoms with Gasteiger partial charge in [0.2, 0.25) is 17.7 Å². The molecular weight excluding hydrogens is 454 g/mol. The van der Waals surface area contributed by atoms with Crippen LogP contribution in [-0.2, 0) is 6.54 Å². The van der Waals surface area contributed by atoms with Crippen LogP contribution in [0.15, 0.2) is 39.8 Å². The molecule has 3 heterocycles. The second-order valence-corrected chi connectivity index (χ2v) is 9.07. The zero-order valence-corrected chi connectivity index (χ0v) is 19.8. The van der Waals surface area contributed by atoms with Crippen LogP contribution in [0.4, 0.5) is 5.95 Å². The summed E-state index contributed by atoms with van der Waals surface area (Å²) >= 11 is 6.60. The number of nitrogens with one attached hydrogen (secondary N) is 1. The summed E-state index contributed by atoms with van der Waals surface area (Å²) in [5, 5.41) is 8.53. The highest BCUT2D eigenvalue weighted by Crippen LogP contribution is 2.31. The molecule has 0 unspecified atom stereocenters. The molecule has 0 atom stereocenters. The van der Waals surface area contributed by atoms with E-state index in [1.165, 1.54) is 0 Å². The lowest BCUT2D eigenvalue weighted by molar-refractivity contribution is 0.394. The van der Waals surface area contributed by atoms with Gasteiger partial charge in [-0.05, 0) is 44.7 Å². The topological polar surface area (TPSA) is 125 Å². The zero-order chi connectivity index (χ0) is 23.8. The number of halogens is 1. The molecule has 0 saturated heterocycles. The number of aryl methyl sites for hydroxylation is 2. The molecule has 176 valence electrons. The molecule has 1 saturated carbocycles. The molecule has 5 rings (SSSR count). The minimum Gasteiger partial charge on any atom is -0.351 e. The summed E-state index contributed by atoms with van der Waals surface area (Å²) in [6.07, 6.45) is 5.69. The van der Waals surface area contributed by atoms with E-state index in [4.69, 9.17) is 21.9 Å². The highest BCUT2D eigenvalue weighted by Gasteiger charge is 2.20. The van der Waals surface area contributed by atoms with Gasteiger partial charge in [0.05, 0.1) is 0 Å². The number of aromatic nitrogens is 5. The average Bonchev–Trinajstić information content (AvgIpc) is 3.27. The first-order valence-corrected chi connectivity index (χ1v) is 11.8. The lowest BCUT2D eigenvalue weighted by atomic mass is 9.92. The van der Waals surface area contributed by atoms with E-state index in [9.17, 15) is 4.79 Å². The number of benzene rings is 1. The number of pyridine rings is 1. The Balaban J connectivity index is 1.51. The Morgan fingerprint density at radius 2 is 1.97 bits per heavy atom. The summed E-state index contributed by atoms with van der Waals surface area (Å²) in [6, 6.07) is 7.73. The maximum Gasteiger partial charge on any atom is 0.260 e. The van der Waals surface area contributed by atoms with Crippen LogP contribution in [0, 0.1) is 6.92 Å². The minimum atomic E-state index is -0.159. The largest absolute Gasteiger partial charge is 0.351 e. The van der Waals surface area contributed by atoms with Crippen molar-refractivity contribution in [2.45, 2.75) is 58.2 Å². The van der Waals surface area contributed by atoms with Gasteiger partial charge in [-0.1, -0.05) is 28.9 Å². The van der Waals surface area contributed by atoms with Crippen LogP contribution in [0.2, 0.25) is 5.02 Å². The summed E-state index contributed by atoms with van der Waals surface area (Å²) in [7, 11) is 0. The van der Waals surface area contributed by atoms with Gasteiger partial charge in [0.15, 0.2) is 0 Å². The Bertz CT molecular complexity index is 1410. The summed E-state index contributed by atoms with van der Waals surface area (Å²) < 4.78 is 6.71. The van der Waals surface area contributed by atoms with Crippen LogP contribution >= 0.6 is 11.6 Å². The predicted octanol–water partition coefficient (Wildman–Crippen LogP) is 4.17. The van der Waals surface area contributed by atoms with Crippen molar-refractivity contribution >= 4 is 28.6 Å². The predicted molar refractivity (Wildman–Crippen MR) is 132 cm³/mol. The van der Waals surface area contributed by atoms with E-state index in [1.54, 1.807) is 35.9 Å². The maximum absolute atomic E-state index is 13.4. The van der Waals surface area contributed by atoms with Crippen molar-refractivity contribution in [1.29, 1.82) is 0 Å². The second-order valence-electron chi connectivity index (χ2n) is 8.67. The number of nitrogens with zero attached hydrogens (tertiary/aromatic N) is 5. The SMILES string of the molecule is CCn1c(=O)c(-c2ccc(-c3noc(C)n3)cc2Cl)cc2cnc(N[C@H]3CC[C@H](N)CC3)nc21. The van der Waals surface area contributed by atoms with Crippen molar-refractivity contribution in [1.82, 2.24) is 24.7 Å².